The van der Waals surface area contributed by atoms with Crippen LogP contribution >= 0.6 is 0 Å². The van der Waals surface area contributed by atoms with Gasteiger partial charge in [-0.2, -0.15) is 0 Å². The van der Waals surface area contributed by atoms with Crippen molar-refractivity contribution in [2.45, 2.75) is 18.9 Å². The second kappa shape index (κ2) is 10.6. The Balaban J connectivity index is 1.28. The van der Waals surface area contributed by atoms with E-state index in [1.54, 1.807) is 14.2 Å². The normalized spacial score (nSPS) is 18.6. The zero-order valence-corrected chi connectivity index (χ0v) is 18.7. The van der Waals surface area contributed by atoms with E-state index in [1.807, 2.05) is 35.2 Å². The number of amides is 1. The van der Waals surface area contributed by atoms with Crippen molar-refractivity contribution in [3.63, 3.8) is 0 Å². The van der Waals surface area contributed by atoms with Crippen LogP contribution in [0.4, 0.5) is 5.82 Å². The van der Waals surface area contributed by atoms with Crippen molar-refractivity contribution in [1.29, 1.82) is 0 Å². The average molecular weight is 442 g/mol. The number of carbonyl (C=O) groups is 1. The van der Waals surface area contributed by atoms with Gasteiger partial charge in [-0.05, 0) is 43.2 Å². The Morgan fingerprint density at radius 2 is 1.91 bits per heavy atom. The van der Waals surface area contributed by atoms with Gasteiger partial charge in [0.05, 0.1) is 32.6 Å². The SMILES string of the molecule is COc1ccc(-c2ccc(N3CCN(C(=O)CNCC4CCCO4)CC3)nn2)cc1OC. The summed E-state index contributed by atoms with van der Waals surface area (Å²) in [5.41, 5.74) is 1.67. The van der Waals surface area contributed by atoms with Crippen molar-refractivity contribution in [3.05, 3.63) is 30.3 Å². The predicted molar refractivity (Wildman–Crippen MR) is 121 cm³/mol. The standard InChI is InChI=1S/C23H31N5O4/c1-30-20-7-5-17(14-21(20)31-2)19-6-8-22(26-25-19)27-9-11-28(12-10-27)23(29)16-24-15-18-4-3-13-32-18/h5-8,14,18,24H,3-4,9-13,15-16H2,1-2H3. The molecule has 0 saturated carbocycles. The number of benzene rings is 1. The molecule has 2 aliphatic rings. The van der Waals surface area contributed by atoms with E-state index in [1.165, 1.54) is 0 Å². The van der Waals surface area contributed by atoms with Crippen molar-refractivity contribution < 1.29 is 19.0 Å². The van der Waals surface area contributed by atoms with Gasteiger partial charge in [-0.15, -0.1) is 10.2 Å². The lowest BCUT2D eigenvalue weighted by atomic mass is 10.1. The van der Waals surface area contributed by atoms with Crippen molar-refractivity contribution in [3.8, 4) is 22.8 Å². The van der Waals surface area contributed by atoms with E-state index < -0.39 is 0 Å². The fraction of sp³-hybridized carbons (Fsp3) is 0.522. The van der Waals surface area contributed by atoms with Crippen LogP contribution < -0.4 is 19.7 Å². The zero-order valence-electron chi connectivity index (χ0n) is 18.7. The summed E-state index contributed by atoms with van der Waals surface area (Å²) < 4.78 is 16.2. The van der Waals surface area contributed by atoms with Gasteiger partial charge in [-0.1, -0.05) is 0 Å². The summed E-state index contributed by atoms with van der Waals surface area (Å²) in [5, 5.41) is 12.0. The number of hydrogen-bond donors (Lipinski definition) is 1. The zero-order chi connectivity index (χ0) is 22.3. The van der Waals surface area contributed by atoms with Crippen molar-refractivity contribution >= 4 is 11.7 Å². The van der Waals surface area contributed by atoms with Crippen LogP contribution in [0.2, 0.25) is 0 Å². The molecule has 1 amide bonds. The number of ether oxygens (including phenoxy) is 3. The highest BCUT2D eigenvalue weighted by Crippen LogP contribution is 2.31. The average Bonchev–Trinajstić information content (AvgIpc) is 3.37. The molecule has 1 atom stereocenters. The maximum absolute atomic E-state index is 12.5. The van der Waals surface area contributed by atoms with Crippen molar-refractivity contribution in [1.82, 2.24) is 20.4 Å². The Bertz CT molecular complexity index is 894. The molecule has 0 spiro atoms. The number of anilines is 1. The summed E-state index contributed by atoms with van der Waals surface area (Å²) in [6.07, 6.45) is 2.44. The van der Waals surface area contributed by atoms with E-state index in [4.69, 9.17) is 14.2 Å². The monoisotopic (exact) mass is 441 g/mol. The molecule has 0 bridgehead atoms. The van der Waals surface area contributed by atoms with Gasteiger partial charge in [-0.25, -0.2) is 0 Å². The molecule has 2 fully saturated rings. The molecule has 172 valence electrons. The summed E-state index contributed by atoms with van der Waals surface area (Å²) in [4.78, 5) is 16.5. The topological polar surface area (TPSA) is 89.1 Å². The van der Waals surface area contributed by atoms with Crippen LogP contribution in [-0.2, 0) is 9.53 Å². The molecule has 9 nitrogen and oxygen atoms in total. The third-order valence-electron chi connectivity index (χ3n) is 5.96. The number of hydrogen-bond acceptors (Lipinski definition) is 8. The second-order valence-corrected chi connectivity index (χ2v) is 7.98. The van der Waals surface area contributed by atoms with Crippen LogP contribution in [0, 0.1) is 0 Å². The van der Waals surface area contributed by atoms with Gasteiger partial charge in [0.2, 0.25) is 5.91 Å². The van der Waals surface area contributed by atoms with E-state index in [2.05, 4.69) is 20.4 Å². The Labute approximate surface area is 188 Å². The van der Waals surface area contributed by atoms with Crippen LogP contribution in [-0.4, -0.2) is 87.2 Å². The molecule has 2 saturated heterocycles. The number of methoxy groups -OCH3 is 2. The molecule has 0 radical (unpaired) electrons. The maximum Gasteiger partial charge on any atom is 0.236 e. The van der Waals surface area contributed by atoms with Crippen LogP contribution in [0.15, 0.2) is 30.3 Å². The molecule has 9 heteroatoms. The lowest BCUT2D eigenvalue weighted by Crippen LogP contribution is -2.51. The first-order valence-corrected chi connectivity index (χ1v) is 11.1. The third kappa shape index (κ3) is 5.28. The molecule has 2 aliphatic heterocycles. The summed E-state index contributed by atoms with van der Waals surface area (Å²) in [6, 6.07) is 9.60. The molecule has 1 aromatic carbocycles. The smallest absolute Gasteiger partial charge is 0.236 e. The Hall–Kier alpha value is -2.91. The summed E-state index contributed by atoms with van der Waals surface area (Å²) in [6.45, 7) is 4.77. The Morgan fingerprint density at radius 3 is 2.56 bits per heavy atom. The number of nitrogens with one attached hydrogen (secondary N) is 1. The number of nitrogens with zero attached hydrogens (tertiary/aromatic N) is 4. The van der Waals surface area contributed by atoms with E-state index in [0.29, 0.717) is 31.1 Å². The fourth-order valence-corrected chi connectivity index (χ4v) is 4.09. The van der Waals surface area contributed by atoms with Gasteiger partial charge in [0.1, 0.15) is 0 Å². The largest absolute Gasteiger partial charge is 0.493 e. The molecule has 32 heavy (non-hydrogen) atoms. The van der Waals surface area contributed by atoms with Gasteiger partial charge < -0.3 is 29.3 Å². The molecule has 1 N–H and O–H groups in total. The molecular weight excluding hydrogens is 410 g/mol. The van der Waals surface area contributed by atoms with Crippen LogP contribution in [0.1, 0.15) is 12.8 Å². The first kappa shape index (κ1) is 22.3. The van der Waals surface area contributed by atoms with E-state index in [9.17, 15) is 4.79 Å². The molecule has 1 aromatic heterocycles. The van der Waals surface area contributed by atoms with Crippen LogP contribution in [0.5, 0.6) is 11.5 Å². The highest BCUT2D eigenvalue weighted by molar-refractivity contribution is 5.78. The second-order valence-electron chi connectivity index (χ2n) is 7.98. The first-order valence-electron chi connectivity index (χ1n) is 11.1. The fourth-order valence-electron chi connectivity index (χ4n) is 4.09. The summed E-state index contributed by atoms with van der Waals surface area (Å²) in [7, 11) is 3.22. The molecule has 1 unspecified atom stereocenters. The number of carbonyl (C=O) groups excluding carboxylic acids is 1. The summed E-state index contributed by atoms with van der Waals surface area (Å²) in [5.74, 6) is 2.28. The lowest BCUT2D eigenvalue weighted by molar-refractivity contribution is -0.130. The number of aromatic nitrogens is 2. The molecular formula is C23H31N5O4. The minimum atomic E-state index is 0.137. The molecule has 4 rings (SSSR count). The van der Waals surface area contributed by atoms with Gasteiger partial charge >= 0.3 is 0 Å². The molecule has 3 heterocycles. The van der Waals surface area contributed by atoms with E-state index >= 15 is 0 Å². The van der Waals surface area contributed by atoms with Gasteiger partial charge in [-0.3, -0.25) is 4.79 Å². The highest BCUT2D eigenvalue weighted by atomic mass is 16.5. The predicted octanol–water partition coefficient (Wildman–Crippen LogP) is 1.58. The quantitative estimate of drug-likeness (QED) is 0.661. The molecule has 2 aromatic rings. The minimum absolute atomic E-state index is 0.137. The van der Waals surface area contributed by atoms with Crippen molar-refractivity contribution in [2.24, 2.45) is 0 Å². The Kier molecular flexibility index (Phi) is 7.39. The minimum Gasteiger partial charge on any atom is -0.493 e. The van der Waals surface area contributed by atoms with E-state index in [-0.39, 0.29) is 12.0 Å². The first-order chi connectivity index (χ1) is 15.7. The maximum atomic E-state index is 12.5. The van der Waals surface area contributed by atoms with Crippen LogP contribution in [0.25, 0.3) is 11.3 Å². The Morgan fingerprint density at radius 1 is 1.09 bits per heavy atom. The van der Waals surface area contributed by atoms with Gasteiger partial charge in [0.25, 0.3) is 0 Å². The highest BCUT2D eigenvalue weighted by Gasteiger charge is 2.23. The number of rotatable bonds is 8. The van der Waals surface area contributed by atoms with Crippen molar-refractivity contribution in [2.75, 3.05) is 65.0 Å². The van der Waals surface area contributed by atoms with E-state index in [0.717, 1.165) is 56.2 Å². The molecule has 0 aliphatic carbocycles. The van der Waals surface area contributed by atoms with Gasteiger partial charge in [0, 0.05) is 44.9 Å². The summed E-state index contributed by atoms with van der Waals surface area (Å²) >= 11 is 0. The third-order valence-corrected chi connectivity index (χ3v) is 5.96. The number of piperazine rings is 1. The van der Waals surface area contributed by atoms with Crippen LogP contribution in [0.3, 0.4) is 0 Å². The lowest BCUT2D eigenvalue weighted by Gasteiger charge is -2.35. The van der Waals surface area contributed by atoms with Gasteiger partial charge in [0.15, 0.2) is 17.3 Å².